The van der Waals surface area contributed by atoms with E-state index in [1.54, 1.807) is 13.3 Å². The van der Waals surface area contributed by atoms with Gasteiger partial charge in [-0.15, -0.1) is 0 Å². The number of methoxy groups -OCH3 is 1. The smallest absolute Gasteiger partial charge is 0.219 e. The molecule has 0 aliphatic carbocycles. The predicted octanol–water partition coefficient (Wildman–Crippen LogP) is 2.87. The number of aromatic nitrogens is 1. The summed E-state index contributed by atoms with van der Waals surface area (Å²) >= 11 is 0. The molecule has 0 saturated heterocycles. The third-order valence-electron chi connectivity index (χ3n) is 5.20. The molecule has 3 aromatic rings. The Labute approximate surface area is 157 Å². The van der Waals surface area contributed by atoms with Crippen LogP contribution in [0.3, 0.4) is 0 Å². The van der Waals surface area contributed by atoms with Crippen molar-refractivity contribution in [2.45, 2.75) is 6.42 Å². The Morgan fingerprint density at radius 3 is 2.74 bits per heavy atom. The van der Waals surface area contributed by atoms with E-state index < -0.39 is 0 Å². The average Bonchev–Trinajstić information content (AvgIpc) is 3.12. The van der Waals surface area contributed by atoms with Crippen LogP contribution < -0.4 is 9.64 Å². The molecule has 1 atom stereocenters. The van der Waals surface area contributed by atoms with Crippen molar-refractivity contribution >= 4 is 22.3 Å². The number of Topliss-reactive ketones (excluding diaryl/α,β-unsaturated/α-hetero) is 1. The summed E-state index contributed by atoms with van der Waals surface area (Å²) in [6.07, 6.45) is 4.84. The van der Waals surface area contributed by atoms with E-state index in [-0.39, 0.29) is 11.6 Å². The molecule has 1 aliphatic rings. The van der Waals surface area contributed by atoms with Gasteiger partial charge in [0.15, 0.2) is 0 Å². The lowest BCUT2D eigenvalue weighted by Gasteiger charge is -2.23. The van der Waals surface area contributed by atoms with E-state index in [0.29, 0.717) is 12.1 Å². The molecule has 0 bridgehead atoms. The number of benzene rings is 2. The lowest BCUT2D eigenvalue weighted by Crippen LogP contribution is -3.13. The van der Waals surface area contributed by atoms with Crippen molar-refractivity contribution in [3.8, 4) is 5.75 Å². The standard InChI is InChI=1S/C22H21FN2O2/c1-27-18-6-7-21-19(12-18)20(13-24-21)22(26)14-25-10-8-16(9-11-25)15-2-4-17(23)5-3-15/h2-8,12-13,24H,9-11,14H2,1H3/p+1. The van der Waals surface area contributed by atoms with Gasteiger partial charge in [0.1, 0.15) is 18.1 Å². The number of H-pyrrole nitrogens is 1. The van der Waals surface area contributed by atoms with Crippen molar-refractivity contribution in [1.29, 1.82) is 0 Å². The van der Waals surface area contributed by atoms with Crippen molar-refractivity contribution < 1.29 is 18.8 Å². The molecular weight excluding hydrogens is 343 g/mol. The molecule has 138 valence electrons. The summed E-state index contributed by atoms with van der Waals surface area (Å²) in [6, 6.07) is 12.3. The second-order valence-electron chi connectivity index (χ2n) is 6.90. The molecule has 4 rings (SSSR count). The Hall–Kier alpha value is -2.92. The zero-order chi connectivity index (χ0) is 18.8. The van der Waals surface area contributed by atoms with Crippen LogP contribution in [0.5, 0.6) is 5.75 Å². The third kappa shape index (κ3) is 3.64. The Morgan fingerprint density at radius 1 is 1.22 bits per heavy atom. The topological polar surface area (TPSA) is 46.5 Å². The van der Waals surface area contributed by atoms with E-state index in [9.17, 15) is 9.18 Å². The highest BCUT2D eigenvalue weighted by atomic mass is 19.1. The Morgan fingerprint density at radius 2 is 2.04 bits per heavy atom. The summed E-state index contributed by atoms with van der Waals surface area (Å²) in [7, 11) is 1.62. The van der Waals surface area contributed by atoms with Crippen molar-refractivity contribution in [2.75, 3.05) is 26.7 Å². The van der Waals surface area contributed by atoms with Crippen LogP contribution >= 0.6 is 0 Å². The summed E-state index contributed by atoms with van der Waals surface area (Å²) in [6.45, 7) is 2.14. The fourth-order valence-corrected chi connectivity index (χ4v) is 3.65. The fraction of sp³-hybridized carbons (Fsp3) is 0.227. The van der Waals surface area contributed by atoms with Gasteiger partial charge in [-0.3, -0.25) is 4.79 Å². The van der Waals surface area contributed by atoms with E-state index in [1.165, 1.54) is 22.6 Å². The van der Waals surface area contributed by atoms with Gasteiger partial charge in [-0.25, -0.2) is 4.39 Å². The molecule has 0 spiro atoms. The molecule has 5 heteroatoms. The molecule has 4 nitrogen and oxygen atoms in total. The van der Waals surface area contributed by atoms with Crippen LogP contribution in [0.1, 0.15) is 22.3 Å². The van der Waals surface area contributed by atoms with Crippen LogP contribution in [0, 0.1) is 5.82 Å². The van der Waals surface area contributed by atoms with E-state index in [4.69, 9.17) is 4.74 Å². The number of hydrogen-bond donors (Lipinski definition) is 2. The van der Waals surface area contributed by atoms with E-state index in [1.807, 2.05) is 30.3 Å². The summed E-state index contributed by atoms with van der Waals surface area (Å²) < 4.78 is 18.4. The summed E-state index contributed by atoms with van der Waals surface area (Å²) in [5.74, 6) is 0.653. The van der Waals surface area contributed by atoms with Gasteiger partial charge in [-0.1, -0.05) is 12.1 Å². The summed E-state index contributed by atoms with van der Waals surface area (Å²) in [4.78, 5) is 17.2. The van der Waals surface area contributed by atoms with Crippen LogP contribution in [0.15, 0.2) is 54.7 Å². The number of hydrogen-bond acceptors (Lipinski definition) is 2. The van der Waals surface area contributed by atoms with E-state index >= 15 is 0 Å². The van der Waals surface area contributed by atoms with Gasteiger partial charge < -0.3 is 14.6 Å². The first-order chi connectivity index (χ1) is 13.1. The first kappa shape index (κ1) is 17.5. The number of fused-ring (bicyclic) bond motifs is 1. The molecule has 0 saturated carbocycles. The maximum atomic E-state index is 13.1. The lowest BCUT2D eigenvalue weighted by atomic mass is 9.99. The van der Waals surface area contributed by atoms with Gasteiger partial charge in [0.05, 0.1) is 20.2 Å². The largest absolute Gasteiger partial charge is 0.497 e. The number of ether oxygens (including phenoxy) is 1. The number of rotatable bonds is 5. The van der Waals surface area contributed by atoms with Crippen LogP contribution in [0.4, 0.5) is 4.39 Å². The second-order valence-corrected chi connectivity index (χ2v) is 6.90. The number of halogens is 1. The van der Waals surface area contributed by atoms with Gasteiger partial charge in [0.25, 0.3) is 0 Å². The Balaban J connectivity index is 1.46. The average molecular weight is 365 g/mol. The monoisotopic (exact) mass is 365 g/mol. The van der Waals surface area contributed by atoms with Crippen LogP contribution in [-0.2, 0) is 0 Å². The quantitative estimate of drug-likeness (QED) is 0.683. The molecule has 0 fully saturated rings. The van der Waals surface area contributed by atoms with Crippen molar-refractivity contribution in [1.82, 2.24) is 4.98 Å². The number of quaternary nitrogens is 1. The number of carbonyl (C=O) groups excluding carboxylic acids is 1. The molecule has 2 heterocycles. The Bertz CT molecular complexity index is 1000. The maximum absolute atomic E-state index is 13.1. The van der Waals surface area contributed by atoms with Crippen LogP contribution in [0.2, 0.25) is 0 Å². The number of aromatic amines is 1. The molecule has 1 aliphatic heterocycles. The number of nitrogens with one attached hydrogen (secondary N) is 2. The van der Waals surface area contributed by atoms with Gasteiger partial charge in [0, 0.05) is 29.1 Å². The van der Waals surface area contributed by atoms with Crippen molar-refractivity contribution in [3.05, 3.63) is 71.7 Å². The maximum Gasteiger partial charge on any atom is 0.219 e. The normalized spacial score (nSPS) is 17.0. The third-order valence-corrected chi connectivity index (χ3v) is 5.20. The number of carbonyl (C=O) groups is 1. The predicted molar refractivity (Wildman–Crippen MR) is 104 cm³/mol. The van der Waals surface area contributed by atoms with Gasteiger partial charge >= 0.3 is 0 Å². The minimum Gasteiger partial charge on any atom is -0.497 e. The van der Waals surface area contributed by atoms with E-state index in [0.717, 1.165) is 41.7 Å². The van der Waals surface area contributed by atoms with Crippen molar-refractivity contribution in [3.63, 3.8) is 0 Å². The molecule has 0 radical (unpaired) electrons. The molecule has 1 unspecified atom stereocenters. The molecule has 27 heavy (non-hydrogen) atoms. The zero-order valence-electron chi connectivity index (χ0n) is 15.2. The summed E-state index contributed by atoms with van der Waals surface area (Å²) in [5, 5.41) is 0.901. The van der Waals surface area contributed by atoms with Crippen molar-refractivity contribution in [2.24, 2.45) is 0 Å². The zero-order valence-corrected chi connectivity index (χ0v) is 15.2. The summed E-state index contributed by atoms with van der Waals surface area (Å²) in [5.41, 5.74) is 3.93. The minimum absolute atomic E-state index is 0.128. The minimum atomic E-state index is -0.219. The molecule has 2 N–H and O–H groups in total. The highest BCUT2D eigenvalue weighted by Crippen LogP contribution is 2.24. The number of ketones is 1. The highest BCUT2D eigenvalue weighted by Gasteiger charge is 2.21. The first-order valence-electron chi connectivity index (χ1n) is 9.11. The molecule has 2 aromatic carbocycles. The fourth-order valence-electron chi connectivity index (χ4n) is 3.65. The van der Waals surface area contributed by atoms with E-state index in [2.05, 4.69) is 11.1 Å². The highest BCUT2D eigenvalue weighted by molar-refractivity contribution is 6.08. The second kappa shape index (κ2) is 7.37. The van der Waals surface area contributed by atoms with Crippen LogP contribution in [0.25, 0.3) is 16.5 Å². The first-order valence-corrected chi connectivity index (χ1v) is 9.11. The molecular formula is C22H22FN2O2+. The Kier molecular flexibility index (Phi) is 4.77. The van der Waals surface area contributed by atoms with Crippen LogP contribution in [-0.4, -0.2) is 37.5 Å². The van der Waals surface area contributed by atoms with Gasteiger partial charge in [-0.05, 0) is 47.5 Å². The van der Waals surface area contributed by atoms with Gasteiger partial charge in [0.2, 0.25) is 5.78 Å². The molecule has 1 aromatic heterocycles. The lowest BCUT2D eigenvalue weighted by molar-refractivity contribution is -0.886. The van der Waals surface area contributed by atoms with Gasteiger partial charge in [-0.2, -0.15) is 0 Å². The molecule has 0 amide bonds. The SMILES string of the molecule is COc1ccc2[nH]cc(C(=O)C[NH+]3CC=C(c4ccc(F)cc4)CC3)c2c1.